The topological polar surface area (TPSA) is 152 Å². The van der Waals surface area contributed by atoms with Crippen molar-refractivity contribution in [1.29, 1.82) is 0 Å². The van der Waals surface area contributed by atoms with Crippen LogP contribution in [0.3, 0.4) is 0 Å². The molecule has 7 atom stereocenters. The standard InChI is InChI=1S/C44H60N4O8S/c1-27-10-8-9-11-29-23-44(29,41(52)46-57(53,54)43(6)15-16-43)25-37(50)36-22-31(26-48(36)40(51)34(28(2)20-27)21-30(49)24-42(3,4)5)56-39-33-12-13-35-38(32(33)14-17-45-39)55-19-18-47(35)7/h9,11-14,17,27-29,31,34,36H,8,10,15-16,18-26H2,1-7H3,(H,46,52)/b11-9-/t27-,28+,29+,31+,34-,36-,44+/m0/s1. The minimum atomic E-state index is -3.94. The van der Waals surface area contributed by atoms with Gasteiger partial charge in [-0.2, -0.15) is 0 Å². The number of hydrogen-bond donors (Lipinski definition) is 1. The van der Waals surface area contributed by atoms with Gasteiger partial charge >= 0.3 is 0 Å². The van der Waals surface area contributed by atoms with E-state index in [0.29, 0.717) is 38.2 Å². The molecule has 57 heavy (non-hydrogen) atoms. The summed E-state index contributed by atoms with van der Waals surface area (Å²) in [7, 11) is -1.92. The first-order chi connectivity index (χ1) is 26.8. The van der Waals surface area contributed by atoms with Crippen LogP contribution in [0.15, 0.2) is 36.5 Å². The van der Waals surface area contributed by atoms with E-state index in [1.54, 1.807) is 18.0 Å². The number of nitrogens with one attached hydrogen (secondary N) is 1. The molecule has 5 aliphatic rings. The predicted molar refractivity (Wildman–Crippen MR) is 218 cm³/mol. The van der Waals surface area contributed by atoms with Crippen molar-refractivity contribution in [3.63, 3.8) is 0 Å². The molecule has 13 heteroatoms. The molecule has 12 nitrogen and oxygen atoms in total. The number of carbonyl (C=O) groups excluding carboxylic acids is 4. The number of carbonyl (C=O) groups is 4. The smallest absolute Gasteiger partial charge is 0.240 e. The average molecular weight is 805 g/mol. The summed E-state index contributed by atoms with van der Waals surface area (Å²) in [5.41, 5.74) is -0.530. The number of Topliss-reactive ketones (excluding diaryl/α,β-unsaturated/α-hetero) is 2. The number of pyridine rings is 1. The van der Waals surface area contributed by atoms with E-state index in [0.717, 1.165) is 48.0 Å². The van der Waals surface area contributed by atoms with E-state index in [1.165, 1.54) is 0 Å². The molecule has 3 fully saturated rings. The first-order valence-electron chi connectivity index (χ1n) is 20.8. The zero-order valence-electron chi connectivity index (χ0n) is 34.6. The van der Waals surface area contributed by atoms with Gasteiger partial charge in [0.05, 0.1) is 35.0 Å². The number of amides is 2. The van der Waals surface area contributed by atoms with Crippen LogP contribution in [-0.2, 0) is 29.2 Å². The second kappa shape index (κ2) is 15.3. The number of rotatable bonds is 8. The van der Waals surface area contributed by atoms with Gasteiger partial charge in [-0.05, 0) is 86.8 Å². The summed E-state index contributed by atoms with van der Waals surface area (Å²) in [4.78, 5) is 65.7. The molecule has 0 unspecified atom stereocenters. The molecule has 2 amide bonds. The first-order valence-corrected chi connectivity index (χ1v) is 22.3. The maximum absolute atomic E-state index is 15.0. The Bertz CT molecular complexity index is 2070. The summed E-state index contributed by atoms with van der Waals surface area (Å²) in [5.74, 6) is -0.963. The number of allylic oxidation sites excluding steroid dienone is 2. The average Bonchev–Trinajstić information content (AvgIpc) is 4.01. The van der Waals surface area contributed by atoms with Gasteiger partial charge in [-0.3, -0.25) is 23.9 Å². The summed E-state index contributed by atoms with van der Waals surface area (Å²) in [6, 6.07) is 4.88. The van der Waals surface area contributed by atoms with Crippen molar-refractivity contribution in [2.75, 3.05) is 31.6 Å². The predicted octanol–water partition coefficient (Wildman–Crippen LogP) is 6.40. The van der Waals surface area contributed by atoms with Crippen LogP contribution in [0.1, 0.15) is 106 Å². The van der Waals surface area contributed by atoms with Crippen LogP contribution in [0.25, 0.3) is 10.8 Å². The van der Waals surface area contributed by atoms with Crippen molar-refractivity contribution < 1.29 is 37.1 Å². The van der Waals surface area contributed by atoms with Gasteiger partial charge in [0.1, 0.15) is 18.5 Å². The number of nitrogens with zero attached hydrogens (tertiary/aromatic N) is 3. The van der Waals surface area contributed by atoms with Gasteiger partial charge in [0.25, 0.3) is 0 Å². The summed E-state index contributed by atoms with van der Waals surface area (Å²) < 4.78 is 40.6. The van der Waals surface area contributed by atoms with E-state index in [9.17, 15) is 27.6 Å². The van der Waals surface area contributed by atoms with Gasteiger partial charge in [0.15, 0.2) is 11.5 Å². The molecule has 1 aromatic carbocycles. The van der Waals surface area contributed by atoms with Crippen LogP contribution in [0.4, 0.5) is 5.69 Å². The highest BCUT2D eigenvalue weighted by Gasteiger charge is 2.62. The van der Waals surface area contributed by atoms with Crippen molar-refractivity contribution in [3.8, 4) is 11.6 Å². The number of likely N-dealkylation sites (N-methyl/N-ethyl adjacent to an activating group) is 1. The normalized spacial score (nSPS) is 30.9. The fourth-order valence-electron chi connectivity index (χ4n) is 9.29. The van der Waals surface area contributed by atoms with E-state index in [1.807, 2.05) is 65.1 Å². The SMILES string of the molecule is C[C@H]1CC/C=C\[C@@H]2C[C@@]2(C(=O)NS(=O)(=O)C2(C)CC2)CC(=O)[C@@H]2C[C@@H](Oc3nccc4c5c(ccc34)N(C)CCO5)CN2C(=O)[C@@H](CC(=O)CC(C)(C)C)[C@H](C)C1. The van der Waals surface area contributed by atoms with Crippen molar-refractivity contribution in [3.05, 3.63) is 36.5 Å². The highest BCUT2D eigenvalue weighted by Crippen LogP contribution is 2.58. The van der Waals surface area contributed by atoms with E-state index in [2.05, 4.69) is 21.5 Å². The molecule has 1 saturated heterocycles. The van der Waals surface area contributed by atoms with Crippen LogP contribution in [0.2, 0.25) is 0 Å². The lowest BCUT2D eigenvalue weighted by molar-refractivity contribution is -0.145. The lowest BCUT2D eigenvalue weighted by atomic mass is 9.79. The lowest BCUT2D eigenvalue weighted by Crippen LogP contribution is -2.48. The van der Waals surface area contributed by atoms with Crippen molar-refractivity contribution in [2.24, 2.45) is 34.5 Å². The maximum Gasteiger partial charge on any atom is 0.240 e. The van der Waals surface area contributed by atoms with Crippen molar-refractivity contribution >= 4 is 49.9 Å². The molecule has 310 valence electrons. The molecule has 7 rings (SSSR count). The van der Waals surface area contributed by atoms with Gasteiger partial charge in [0, 0.05) is 55.6 Å². The fraction of sp³-hybridized carbons (Fsp3) is 0.659. The van der Waals surface area contributed by atoms with Crippen LogP contribution in [0.5, 0.6) is 11.6 Å². The fourth-order valence-corrected chi connectivity index (χ4v) is 10.6. The largest absolute Gasteiger partial charge is 0.489 e. The third-order valence-corrected chi connectivity index (χ3v) is 15.3. The Hall–Kier alpha value is -4.00. The molecule has 2 aromatic rings. The number of aromatic nitrogens is 1. The van der Waals surface area contributed by atoms with E-state index in [-0.39, 0.29) is 66.4 Å². The zero-order valence-corrected chi connectivity index (χ0v) is 35.5. The quantitative estimate of drug-likeness (QED) is 0.297. The van der Waals surface area contributed by atoms with Crippen LogP contribution in [-0.4, -0.2) is 85.3 Å². The monoisotopic (exact) mass is 804 g/mol. The van der Waals surface area contributed by atoms with Crippen molar-refractivity contribution in [2.45, 2.75) is 123 Å². The number of ether oxygens (including phenoxy) is 2. The van der Waals surface area contributed by atoms with Crippen LogP contribution >= 0.6 is 0 Å². The molecular weight excluding hydrogens is 745 g/mol. The Morgan fingerprint density at radius 3 is 2.56 bits per heavy atom. The Kier molecular flexibility index (Phi) is 11.1. The number of sulfonamides is 1. The summed E-state index contributed by atoms with van der Waals surface area (Å²) >= 11 is 0. The first kappa shape index (κ1) is 41.2. The lowest BCUT2D eigenvalue weighted by Gasteiger charge is -2.32. The highest BCUT2D eigenvalue weighted by atomic mass is 32.2. The molecular formula is C44H60N4O8S. The molecule has 4 heterocycles. The van der Waals surface area contributed by atoms with E-state index < -0.39 is 44.2 Å². The van der Waals surface area contributed by atoms with Gasteiger partial charge in [-0.15, -0.1) is 0 Å². The Morgan fingerprint density at radius 1 is 1.09 bits per heavy atom. The summed E-state index contributed by atoms with van der Waals surface area (Å²) in [6.45, 7) is 13.3. The number of fused-ring (bicyclic) bond motifs is 5. The van der Waals surface area contributed by atoms with E-state index in [4.69, 9.17) is 9.47 Å². The van der Waals surface area contributed by atoms with Crippen LogP contribution < -0.4 is 19.1 Å². The number of ketones is 2. The van der Waals surface area contributed by atoms with Gasteiger partial charge in [-0.1, -0.05) is 46.8 Å². The number of hydrogen-bond acceptors (Lipinski definition) is 10. The second-order valence-corrected chi connectivity index (χ2v) is 21.5. The second-order valence-electron chi connectivity index (χ2n) is 19.3. The summed E-state index contributed by atoms with van der Waals surface area (Å²) in [5, 5.41) is 1.59. The Morgan fingerprint density at radius 2 is 1.84 bits per heavy atom. The molecule has 0 radical (unpaired) electrons. The molecule has 3 aliphatic heterocycles. The minimum Gasteiger partial charge on any atom is -0.489 e. The van der Waals surface area contributed by atoms with Crippen LogP contribution in [0, 0.1) is 34.5 Å². The minimum absolute atomic E-state index is 0.00856. The molecule has 0 bridgehead atoms. The molecule has 0 spiro atoms. The van der Waals surface area contributed by atoms with Gasteiger partial charge in [-0.25, -0.2) is 13.4 Å². The van der Waals surface area contributed by atoms with Gasteiger partial charge < -0.3 is 19.3 Å². The zero-order chi connectivity index (χ0) is 41.1. The molecule has 2 aliphatic carbocycles. The van der Waals surface area contributed by atoms with E-state index >= 15 is 0 Å². The number of benzene rings is 1. The summed E-state index contributed by atoms with van der Waals surface area (Å²) in [6.07, 6.45) is 9.01. The Balaban J connectivity index is 1.23. The maximum atomic E-state index is 15.0. The number of anilines is 1. The third-order valence-electron chi connectivity index (χ3n) is 13.2. The molecule has 1 N–H and O–H groups in total. The molecule has 2 saturated carbocycles. The molecule has 1 aromatic heterocycles. The van der Waals surface area contributed by atoms with Gasteiger partial charge in [0.2, 0.25) is 27.7 Å². The highest BCUT2D eigenvalue weighted by molar-refractivity contribution is 7.91. The third kappa shape index (κ3) is 8.45. The Labute approximate surface area is 337 Å². The van der Waals surface area contributed by atoms with Crippen molar-refractivity contribution in [1.82, 2.24) is 14.6 Å².